The fourth-order valence-corrected chi connectivity index (χ4v) is 1.86. The Morgan fingerprint density at radius 3 is 1.27 bits per heavy atom. The zero-order chi connectivity index (χ0) is 19.1. The largest absolute Gasteiger partial charge is 0.268 e. The fourth-order valence-electron chi connectivity index (χ4n) is 1.86. The Kier molecular flexibility index (Phi) is 6.26. The van der Waals surface area contributed by atoms with Crippen LogP contribution in [0.15, 0.2) is 48.6 Å². The molecule has 0 fully saturated rings. The van der Waals surface area contributed by atoms with Gasteiger partial charge in [-0.15, -0.1) is 0 Å². The molecule has 134 valence electrons. The Labute approximate surface area is 145 Å². The van der Waals surface area contributed by atoms with E-state index in [0.717, 1.165) is 48.6 Å². The molecule has 2 rings (SSSR count). The van der Waals surface area contributed by atoms with Crippen LogP contribution >= 0.6 is 0 Å². The number of hydrogen-bond donors (Lipinski definition) is 2. The molecule has 0 heterocycles. The molecular weight excluding hydrogens is 352 g/mol. The molecule has 0 saturated carbocycles. The third-order valence-corrected chi connectivity index (χ3v) is 3.11. The Morgan fingerprint density at radius 2 is 0.962 bits per heavy atom. The number of halogens is 4. The quantitative estimate of drug-likeness (QED) is 0.498. The number of rotatable bonds is 4. The molecule has 0 spiro atoms. The molecule has 2 N–H and O–H groups in total. The van der Waals surface area contributed by atoms with Crippen LogP contribution in [0.2, 0.25) is 0 Å². The Morgan fingerprint density at radius 1 is 0.654 bits per heavy atom. The van der Waals surface area contributed by atoms with E-state index < -0.39 is 46.2 Å². The van der Waals surface area contributed by atoms with Gasteiger partial charge in [-0.25, -0.2) is 17.6 Å². The van der Waals surface area contributed by atoms with Gasteiger partial charge in [0.05, 0.1) is 0 Å². The first kappa shape index (κ1) is 18.9. The smallest absolute Gasteiger partial charge is 0.262 e. The van der Waals surface area contributed by atoms with Gasteiger partial charge in [0.1, 0.15) is 23.3 Å². The summed E-state index contributed by atoms with van der Waals surface area (Å²) in [5.41, 5.74) is 3.07. The minimum Gasteiger partial charge on any atom is -0.268 e. The molecule has 0 bridgehead atoms. The topological polar surface area (TPSA) is 58.2 Å². The number of hydrazine groups is 1. The van der Waals surface area contributed by atoms with Crippen molar-refractivity contribution in [2.24, 2.45) is 0 Å². The average Bonchev–Trinajstić information content (AvgIpc) is 2.59. The van der Waals surface area contributed by atoms with Crippen molar-refractivity contribution in [3.05, 3.63) is 82.9 Å². The number of amides is 2. The summed E-state index contributed by atoms with van der Waals surface area (Å²) in [7, 11) is 0. The summed E-state index contributed by atoms with van der Waals surface area (Å²) >= 11 is 0. The number of nitrogens with one attached hydrogen (secondary N) is 2. The summed E-state index contributed by atoms with van der Waals surface area (Å²) in [4.78, 5) is 23.0. The van der Waals surface area contributed by atoms with Crippen molar-refractivity contribution in [3.63, 3.8) is 0 Å². The second-order valence-electron chi connectivity index (χ2n) is 4.92. The SMILES string of the molecule is O=C(/C=C/c1c(F)cccc1F)NNC(=O)/C=C/c1c(F)cccc1F. The van der Waals surface area contributed by atoms with Crippen molar-refractivity contribution in [2.45, 2.75) is 0 Å². The van der Waals surface area contributed by atoms with Gasteiger partial charge in [0.15, 0.2) is 0 Å². The Bertz CT molecular complexity index is 781. The zero-order valence-corrected chi connectivity index (χ0v) is 13.1. The standard InChI is InChI=1S/C18H12F4N2O2/c19-13-3-1-4-14(20)11(13)7-9-17(25)23-24-18(26)10-8-12-15(21)5-2-6-16(12)22/h1-10H,(H,23,25)(H,24,26)/b9-7+,10-8+. The first-order chi connectivity index (χ1) is 12.4. The third kappa shape index (κ3) is 5.04. The predicted molar refractivity (Wildman–Crippen MR) is 87.1 cm³/mol. The highest BCUT2D eigenvalue weighted by molar-refractivity contribution is 5.96. The van der Waals surface area contributed by atoms with Crippen molar-refractivity contribution in [1.82, 2.24) is 10.9 Å². The first-order valence-electron chi connectivity index (χ1n) is 7.22. The highest BCUT2D eigenvalue weighted by Gasteiger charge is 2.07. The molecule has 2 aromatic rings. The van der Waals surface area contributed by atoms with Gasteiger partial charge in [0, 0.05) is 23.3 Å². The second kappa shape index (κ2) is 8.61. The molecule has 2 amide bonds. The van der Waals surface area contributed by atoms with Gasteiger partial charge in [-0.3, -0.25) is 20.4 Å². The maximum Gasteiger partial charge on any atom is 0.262 e. The lowest BCUT2D eigenvalue weighted by Gasteiger charge is -2.03. The maximum atomic E-state index is 13.4. The van der Waals surface area contributed by atoms with Crippen LogP contribution in [0, 0.1) is 23.3 Å². The van der Waals surface area contributed by atoms with E-state index in [1.807, 2.05) is 10.9 Å². The van der Waals surface area contributed by atoms with Crippen LogP contribution in [-0.2, 0) is 9.59 Å². The van der Waals surface area contributed by atoms with E-state index in [0.29, 0.717) is 0 Å². The molecule has 0 unspecified atom stereocenters. The van der Waals surface area contributed by atoms with Crippen LogP contribution in [0.4, 0.5) is 17.6 Å². The second-order valence-corrected chi connectivity index (χ2v) is 4.92. The number of carbonyl (C=O) groups is 2. The van der Waals surface area contributed by atoms with E-state index in [9.17, 15) is 27.2 Å². The minimum absolute atomic E-state index is 0.413. The van der Waals surface area contributed by atoms with E-state index in [1.54, 1.807) is 0 Å². The molecule has 0 aromatic heterocycles. The molecule has 4 nitrogen and oxygen atoms in total. The van der Waals surface area contributed by atoms with Gasteiger partial charge >= 0.3 is 0 Å². The molecular formula is C18H12F4N2O2. The summed E-state index contributed by atoms with van der Waals surface area (Å²) in [5.74, 6) is -5.15. The summed E-state index contributed by atoms with van der Waals surface area (Å²) in [6, 6.07) is 6.44. The third-order valence-electron chi connectivity index (χ3n) is 3.11. The van der Waals surface area contributed by atoms with Crippen LogP contribution in [0.3, 0.4) is 0 Å². The molecule has 0 aliphatic rings. The predicted octanol–water partition coefficient (Wildman–Crippen LogP) is 3.12. The molecule has 26 heavy (non-hydrogen) atoms. The van der Waals surface area contributed by atoms with Crippen molar-refractivity contribution >= 4 is 24.0 Å². The van der Waals surface area contributed by atoms with Gasteiger partial charge in [-0.05, 0) is 36.4 Å². The molecule has 0 aliphatic carbocycles. The van der Waals surface area contributed by atoms with E-state index >= 15 is 0 Å². The van der Waals surface area contributed by atoms with E-state index in [-0.39, 0.29) is 0 Å². The van der Waals surface area contributed by atoms with Crippen LogP contribution < -0.4 is 10.9 Å². The molecule has 0 atom stereocenters. The van der Waals surface area contributed by atoms with Crippen LogP contribution in [-0.4, -0.2) is 11.8 Å². The lowest BCUT2D eigenvalue weighted by Crippen LogP contribution is -2.39. The van der Waals surface area contributed by atoms with Crippen LogP contribution in [0.5, 0.6) is 0 Å². The zero-order valence-electron chi connectivity index (χ0n) is 13.1. The monoisotopic (exact) mass is 364 g/mol. The molecule has 2 aromatic carbocycles. The van der Waals surface area contributed by atoms with Gasteiger partial charge in [0.2, 0.25) is 0 Å². The van der Waals surface area contributed by atoms with Crippen molar-refractivity contribution in [3.8, 4) is 0 Å². The van der Waals surface area contributed by atoms with Crippen molar-refractivity contribution in [1.29, 1.82) is 0 Å². The maximum absolute atomic E-state index is 13.4. The van der Waals surface area contributed by atoms with Crippen molar-refractivity contribution in [2.75, 3.05) is 0 Å². The summed E-state index contributed by atoms with van der Waals surface area (Å²) in [6.45, 7) is 0. The van der Waals surface area contributed by atoms with E-state index in [1.165, 1.54) is 12.1 Å². The van der Waals surface area contributed by atoms with Gasteiger partial charge in [-0.1, -0.05) is 12.1 Å². The van der Waals surface area contributed by atoms with Gasteiger partial charge in [-0.2, -0.15) is 0 Å². The lowest BCUT2D eigenvalue weighted by molar-refractivity contribution is -0.123. The first-order valence-corrected chi connectivity index (χ1v) is 7.22. The summed E-state index contributed by atoms with van der Waals surface area (Å²) in [6.07, 6.45) is 3.41. The normalized spacial score (nSPS) is 11.1. The molecule has 0 saturated heterocycles. The fraction of sp³-hybridized carbons (Fsp3) is 0. The van der Waals surface area contributed by atoms with Crippen LogP contribution in [0.1, 0.15) is 11.1 Å². The van der Waals surface area contributed by atoms with E-state index in [4.69, 9.17) is 0 Å². The Balaban J connectivity index is 1.92. The number of carbonyl (C=O) groups excluding carboxylic acids is 2. The molecule has 0 aliphatic heterocycles. The van der Waals surface area contributed by atoms with Gasteiger partial charge in [0.25, 0.3) is 11.8 Å². The molecule has 0 radical (unpaired) electrons. The summed E-state index contributed by atoms with van der Waals surface area (Å²) < 4.78 is 53.5. The average molecular weight is 364 g/mol. The van der Waals surface area contributed by atoms with Gasteiger partial charge < -0.3 is 0 Å². The van der Waals surface area contributed by atoms with Crippen LogP contribution in [0.25, 0.3) is 12.2 Å². The van der Waals surface area contributed by atoms with E-state index in [2.05, 4.69) is 0 Å². The number of benzene rings is 2. The Hall–Kier alpha value is -3.42. The lowest BCUT2D eigenvalue weighted by atomic mass is 10.2. The highest BCUT2D eigenvalue weighted by Crippen LogP contribution is 2.14. The summed E-state index contributed by atoms with van der Waals surface area (Å²) in [5, 5.41) is 0. The number of hydrogen-bond acceptors (Lipinski definition) is 2. The molecule has 8 heteroatoms. The minimum atomic E-state index is -0.869. The highest BCUT2D eigenvalue weighted by atomic mass is 19.1. The van der Waals surface area contributed by atoms with Crippen molar-refractivity contribution < 1.29 is 27.2 Å².